The normalized spacial score (nSPS) is 28.6. The van der Waals surface area contributed by atoms with E-state index in [1.54, 1.807) is 0 Å². The topological polar surface area (TPSA) is 314 Å². The summed E-state index contributed by atoms with van der Waals surface area (Å²) < 4.78 is 0. The van der Waals surface area contributed by atoms with Crippen molar-refractivity contribution in [3.63, 3.8) is 0 Å². The van der Waals surface area contributed by atoms with Gasteiger partial charge in [0.1, 0.15) is 0 Å². The van der Waals surface area contributed by atoms with Crippen molar-refractivity contribution in [2.24, 2.45) is 70.3 Å². The lowest BCUT2D eigenvalue weighted by molar-refractivity contribution is -0.00587. The van der Waals surface area contributed by atoms with E-state index in [0.29, 0.717) is 71.5 Å². The van der Waals surface area contributed by atoms with Gasteiger partial charge < -0.3 is 85.1 Å². The van der Waals surface area contributed by atoms with Crippen molar-refractivity contribution in [1.29, 1.82) is 0 Å². The Hall–Kier alpha value is -4.56. The summed E-state index contributed by atoms with van der Waals surface area (Å²) in [6.07, 6.45) is 19.7. The number of likely N-dealkylation sites (N-methyl/N-ethyl adjacent to an activating group) is 4. The van der Waals surface area contributed by atoms with Crippen LogP contribution < -0.4 is 44.2 Å². The summed E-state index contributed by atoms with van der Waals surface area (Å²) in [6.45, 7) is 35.4. The van der Waals surface area contributed by atoms with Crippen LogP contribution in [0.1, 0.15) is 309 Å². The average molecular weight is 2200 g/mol. The second-order valence-electron chi connectivity index (χ2n) is 48.6. The van der Waals surface area contributed by atoms with Gasteiger partial charge in [0.15, 0.2) is 0 Å². The molecular weight excluding hydrogens is 2010 g/mol. The van der Waals surface area contributed by atoms with Gasteiger partial charge >= 0.3 is 0 Å². The third-order valence-electron chi connectivity index (χ3n) is 33.6. The number of hydrogen-bond donors (Lipinski definition) is 16. The molecule has 16 rings (SSSR count). The van der Waals surface area contributed by atoms with Gasteiger partial charge in [-0.05, 0) is 371 Å². The van der Waals surface area contributed by atoms with Gasteiger partial charge in [0.05, 0.1) is 48.8 Å². The quantitative estimate of drug-likeness (QED) is 0.0174. The molecule has 20 N–H and O–H groups in total. The molecule has 0 unspecified atom stereocenters. The number of nitrogens with two attached hydrogens (primary N) is 4. The summed E-state index contributed by atoms with van der Waals surface area (Å²) in [5.74, 6) is 4.84. The molecule has 0 aromatic heterocycles. The van der Waals surface area contributed by atoms with Crippen molar-refractivity contribution in [3.8, 4) is 0 Å². The fourth-order valence-corrected chi connectivity index (χ4v) is 26.7. The van der Waals surface area contributed by atoms with E-state index >= 15 is 0 Å². The molecule has 8 atom stereocenters. The van der Waals surface area contributed by atoms with E-state index in [-0.39, 0.29) is 116 Å². The van der Waals surface area contributed by atoms with Gasteiger partial charge in [-0.2, -0.15) is 0 Å². The van der Waals surface area contributed by atoms with Gasteiger partial charge in [0, 0.05) is 132 Å². The second kappa shape index (κ2) is 57.1. The minimum Gasteiger partial charge on any atom is -0.393 e. The third-order valence-corrected chi connectivity index (χ3v) is 35.6. The zero-order chi connectivity index (χ0) is 110. The third kappa shape index (κ3) is 32.8. The molecule has 8 aliphatic carbocycles. The van der Waals surface area contributed by atoms with E-state index in [0.717, 1.165) is 194 Å². The monoisotopic (exact) mass is 2190 g/mol. The first-order valence-corrected chi connectivity index (χ1v) is 57.9. The number of rotatable bonds is 36. The first kappa shape index (κ1) is 127. The Morgan fingerprint density at radius 1 is 0.189 bits per heavy atom. The van der Waals surface area contributed by atoms with E-state index in [2.05, 4.69) is 229 Å². The highest BCUT2D eigenvalue weighted by Crippen LogP contribution is 2.56. The zero-order valence-corrected chi connectivity index (χ0v) is 98.3. The number of halogens is 8. The summed E-state index contributed by atoms with van der Waals surface area (Å²) in [5, 5.41) is 98.0. The zero-order valence-electron chi connectivity index (χ0n) is 92.2. The molecule has 0 saturated heterocycles. The van der Waals surface area contributed by atoms with Crippen molar-refractivity contribution in [1.82, 2.24) is 21.3 Å². The van der Waals surface area contributed by atoms with Crippen LogP contribution in [-0.2, 0) is 43.3 Å². The largest absolute Gasteiger partial charge is 0.393 e. The molecule has 0 radical (unpaired) electrons. The van der Waals surface area contributed by atoms with E-state index in [4.69, 9.17) is 116 Å². The number of hydrogen-bond acceptors (Lipinski definition) is 16. The average Bonchev–Trinajstić information content (AvgIpc) is 0.745. The lowest BCUT2D eigenvalue weighted by atomic mass is 9.57. The molecule has 0 amide bonds. The van der Waals surface area contributed by atoms with Crippen LogP contribution in [0.4, 0.5) is 0 Å². The highest BCUT2D eigenvalue weighted by molar-refractivity contribution is 6.32. The van der Waals surface area contributed by atoms with Crippen LogP contribution in [0.25, 0.3) is 0 Å². The Morgan fingerprint density at radius 3 is 0.372 bits per heavy atom. The molecule has 0 aliphatic heterocycles. The van der Waals surface area contributed by atoms with E-state index in [1.807, 2.05) is 125 Å². The SMILES string of the molecule is CC(C)C[C@@H](N)C1(c2ccc(Cl)cc2)CC(O)C1.CC(C)C[C@@H](N)C1(c2ccc(Cl)cc2)CC(O)C1.CC(C)C[C@H](N)C1(c2ccc(Cl)cc2)CC(O)C1.CC(C)C[C@H](N)C1(c2ccc(Cl)cc2)CC(O)C1.CN[C@@H](CC(C)C)C1(c2ccc(Cl)cc2)CC(O)C1.CN[C@@H](CC(C)C)C1(c2ccc(Cl)cc2)CC(O)C1.CN[C@H](CC(C)C)C1(c2ccc(Cl)cc2)CC(O)C1.CN[C@H](CC(C)C)C1(c2ccc(Cl)cc2)CC(O)C1. The maximum Gasteiger partial charge on any atom is 0.0558 e. The van der Waals surface area contributed by atoms with Crippen molar-refractivity contribution >= 4 is 92.8 Å². The molecule has 24 heteroatoms. The molecule has 0 heterocycles. The molecule has 0 bridgehead atoms. The molecule has 8 aromatic carbocycles. The van der Waals surface area contributed by atoms with Crippen molar-refractivity contribution in [3.05, 3.63) is 279 Å². The van der Waals surface area contributed by atoms with Crippen LogP contribution in [0.15, 0.2) is 194 Å². The molecule has 16 nitrogen and oxygen atoms in total. The van der Waals surface area contributed by atoms with E-state index < -0.39 is 0 Å². The molecule has 0 spiro atoms. The minimum absolute atomic E-state index is 0.0586. The molecule has 148 heavy (non-hydrogen) atoms. The molecule has 8 aliphatic rings. The Kier molecular flexibility index (Phi) is 48.9. The molecule has 8 aromatic rings. The summed E-state index contributed by atoms with van der Waals surface area (Å²) in [6, 6.07) is 66.1. The lowest BCUT2D eigenvalue weighted by Crippen LogP contribution is -2.57. The number of aliphatic hydroxyl groups excluding tert-OH is 8. The summed E-state index contributed by atoms with van der Waals surface area (Å²) >= 11 is 47.7. The standard InChI is InChI=1S/4C16H24ClNO.4C15H22ClNO/c4*1-11(2)8-15(18-3)16(9-14(19)10-16)12-4-6-13(17)7-5-12;4*1-10(2)7-14(17)15(8-13(18)9-15)11-3-5-12(16)6-4-11/h4*4-7,11,14-15,18-19H,8-10H2,1-3H3;4*3-6,10,13-14,18H,7-9,17H2,1-2H3/t4*14?,15-,16?;4*13?,14-,15?/m11001100/s1. The lowest BCUT2D eigenvalue weighted by Gasteiger charge is -2.51. The smallest absolute Gasteiger partial charge is 0.0558 e. The van der Waals surface area contributed by atoms with Crippen molar-refractivity contribution in [2.75, 3.05) is 28.2 Å². The van der Waals surface area contributed by atoms with Crippen LogP contribution in [0.2, 0.25) is 40.2 Å². The number of nitrogens with one attached hydrogen (secondary N) is 4. The van der Waals surface area contributed by atoms with Crippen LogP contribution >= 0.6 is 92.8 Å². The molecular formula is C124H184Cl8N8O8. The maximum absolute atomic E-state index is 9.82. The van der Waals surface area contributed by atoms with Crippen LogP contribution in [0.5, 0.6) is 0 Å². The Balaban J connectivity index is 0.000000188. The van der Waals surface area contributed by atoms with Crippen LogP contribution in [0, 0.1) is 47.3 Å². The number of aliphatic hydroxyl groups is 8. The summed E-state index contributed by atoms with van der Waals surface area (Å²) in [7, 11) is 8.09. The molecule has 824 valence electrons. The summed E-state index contributed by atoms with van der Waals surface area (Å²) in [5.41, 5.74) is 35.6. The van der Waals surface area contributed by atoms with Crippen molar-refractivity contribution in [2.45, 2.75) is 405 Å². The predicted octanol–water partition coefficient (Wildman–Crippen LogP) is 25.9. The predicted molar refractivity (Wildman–Crippen MR) is 626 cm³/mol. The van der Waals surface area contributed by atoms with Crippen LogP contribution in [-0.4, -0.2) is 166 Å². The highest BCUT2D eigenvalue weighted by Gasteiger charge is 2.57. The first-order valence-electron chi connectivity index (χ1n) is 54.9. The van der Waals surface area contributed by atoms with Gasteiger partial charge in [0.2, 0.25) is 0 Å². The fraction of sp³-hybridized carbons (Fsp3) is 0.613. The molecule has 8 saturated carbocycles. The van der Waals surface area contributed by atoms with Gasteiger partial charge in [-0.25, -0.2) is 0 Å². The summed E-state index contributed by atoms with van der Waals surface area (Å²) in [4.78, 5) is 0. The van der Waals surface area contributed by atoms with Gasteiger partial charge in [-0.1, -0.05) is 301 Å². The Labute approximate surface area is 930 Å². The van der Waals surface area contributed by atoms with Gasteiger partial charge in [-0.15, -0.1) is 0 Å². The van der Waals surface area contributed by atoms with Crippen molar-refractivity contribution < 1.29 is 40.9 Å². The Morgan fingerprint density at radius 2 is 0.284 bits per heavy atom. The van der Waals surface area contributed by atoms with Gasteiger partial charge in [0.25, 0.3) is 0 Å². The fourth-order valence-electron chi connectivity index (χ4n) is 25.7. The van der Waals surface area contributed by atoms with E-state index in [9.17, 15) is 40.9 Å². The first-order chi connectivity index (χ1) is 69.6. The second-order valence-corrected chi connectivity index (χ2v) is 52.1. The Bertz CT molecular complexity index is 4510. The molecule has 8 fully saturated rings. The highest BCUT2D eigenvalue weighted by atomic mass is 35.5. The van der Waals surface area contributed by atoms with Crippen LogP contribution in [0.3, 0.4) is 0 Å². The van der Waals surface area contributed by atoms with Gasteiger partial charge in [-0.3, -0.25) is 0 Å². The van der Waals surface area contributed by atoms with E-state index in [1.165, 1.54) is 44.5 Å². The maximum atomic E-state index is 9.82. The minimum atomic E-state index is -0.209. The number of benzene rings is 8.